The first-order valence-corrected chi connectivity index (χ1v) is 4.85. The predicted molar refractivity (Wildman–Crippen MR) is 49.3 cm³/mol. The standard InChI is InChI=1S/C7H13Cl3/c1-2-4-7(9,10)5-3-6-8/h2-6H2,1H3. The van der Waals surface area contributed by atoms with Crippen LogP contribution in [0.15, 0.2) is 0 Å². The molecule has 0 aromatic heterocycles. The highest BCUT2D eigenvalue weighted by molar-refractivity contribution is 6.48. The molecule has 0 aliphatic heterocycles. The molecular formula is C7H13Cl3. The van der Waals surface area contributed by atoms with Gasteiger partial charge in [-0.15, -0.1) is 34.8 Å². The van der Waals surface area contributed by atoms with Crippen LogP contribution in [0.5, 0.6) is 0 Å². The van der Waals surface area contributed by atoms with Crippen LogP contribution in [0.4, 0.5) is 0 Å². The lowest BCUT2D eigenvalue weighted by atomic mass is 10.1. The molecule has 0 radical (unpaired) electrons. The topological polar surface area (TPSA) is 0 Å². The summed E-state index contributed by atoms with van der Waals surface area (Å²) in [7, 11) is 0. The lowest BCUT2D eigenvalue weighted by Crippen LogP contribution is -2.11. The average Bonchev–Trinajstić information content (AvgIpc) is 1.84. The molecule has 0 aliphatic rings. The van der Waals surface area contributed by atoms with Crippen LogP contribution in [0.1, 0.15) is 32.6 Å². The molecule has 0 heterocycles. The molecule has 62 valence electrons. The van der Waals surface area contributed by atoms with Crippen LogP contribution in [0, 0.1) is 0 Å². The molecule has 0 unspecified atom stereocenters. The van der Waals surface area contributed by atoms with Crippen LogP contribution < -0.4 is 0 Å². The van der Waals surface area contributed by atoms with Gasteiger partial charge in [0.25, 0.3) is 0 Å². The number of hydrogen-bond acceptors (Lipinski definition) is 0. The lowest BCUT2D eigenvalue weighted by Gasteiger charge is -2.17. The summed E-state index contributed by atoms with van der Waals surface area (Å²) < 4.78 is -0.538. The van der Waals surface area contributed by atoms with Crippen molar-refractivity contribution in [2.45, 2.75) is 36.9 Å². The molecule has 0 aliphatic carbocycles. The van der Waals surface area contributed by atoms with Gasteiger partial charge in [0.05, 0.1) is 0 Å². The van der Waals surface area contributed by atoms with Crippen LogP contribution >= 0.6 is 34.8 Å². The Labute approximate surface area is 77.8 Å². The van der Waals surface area contributed by atoms with E-state index < -0.39 is 4.33 Å². The minimum atomic E-state index is -0.538. The molecule has 0 fully saturated rings. The molecule has 0 saturated heterocycles. The summed E-state index contributed by atoms with van der Waals surface area (Å²) in [5.74, 6) is 0.644. The Hall–Kier alpha value is 0.870. The van der Waals surface area contributed by atoms with Crippen molar-refractivity contribution in [3.05, 3.63) is 0 Å². The Bertz CT molecular complexity index is 80.9. The smallest absolute Gasteiger partial charge is 0.118 e. The van der Waals surface area contributed by atoms with Crippen molar-refractivity contribution in [1.29, 1.82) is 0 Å². The Morgan fingerprint density at radius 2 is 1.80 bits per heavy atom. The quantitative estimate of drug-likeness (QED) is 0.593. The van der Waals surface area contributed by atoms with Crippen molar-refractivity contribution in [2.24, 2.45) is 0 Å². The number of hydrogen-bond donors (Lipinski definition) is 0. The molecule has 10 heavy (non-hydrogen) atoms. The van der Waals surface area contributed by atoms with Crippen LogP contribution in [-0.4, -0.2) is 10.2 Å². The minimum Gasteiger partial charge on any atom is -0.127 e. The van der Waals surface area contributed by atoms with Gasteiger partial charge >= 0.3 is 0 Å². The Morgan fingerprint density at radius 3 is 2.20 bits per heavy atom. The van der Waals surface area contributed by atoms with Crippen molar-refractivity contribution in [1.82, 2.24) is 0 Å². The molecule has 0 aromatic rings. The highest BCUT2D eigenvalue weighted by atomic mass is 35.5. The van der Waals surface area contributed by atoms with E-state index in [1.54, 1.807) is 0 Å². The van der Waals surface area contributed by atoms with Crippen LogP contribution in [0.3, 0.4) is 0 Å². The second-order valence-corrected chi connectivity index (χ2v) is 4.42. The van der Waals surface area contributed by atoms with Gasteiger partial charge in [0.2, 0.25) is 0 Å². The van der Waals surface area contributed by atoms with Crippen LogP contribution in [0.25, 0.3) is 0 Å². The van der Waals surface area contributed by atoms with Gasteiger partial charge in [0.15, 0.2) is 0 Å². The van der Waals surface area contributed by atoms with Gasteiger partial charge in [0.1, 0.15) is 4.33 Å². The van der Waals surface area contributed by atoms with Gasteiger partial charge in [-0.1, -0.05) is 13.3 Å². The number of alkyl halides is 3. The molecule has 0 spiro atoms. The largest absolute Gasteiger partial charge is 0.127 e. The molecule has 0 aromatic carbocycles. The second-order valence-electron chi connectivity index (χ2n) is 2.40. The summed E-state index contributed by atoms with van der Waals surface area (Å²) in [5.41, 5.74) is 0. The third-order valence-electron chi connectivity index (χ3n) is 1.29. The maximum Gasteiger partial charge on any atom is 0.118 e. The Balaban J connectivity index is 3.42. The molecule has 0 saturated carbocycles. The van der Waals surface area contributed by atoms with Crippen molar-refractivity contribution in [3.63, 3.8) is 0 Å². The first kappa shape index (κ1) is 10.9. The van der Waals surface area contributed by atoms with Crippen LogP contribution in [0.2, 0.25) is 0 Å². The third kappa shape index (κ3) is 5.64. The molecule has 0 bridgehead atoms. The molecule has 0 amide bonds. The maximum absolute atomic E-state index is 5.92. The van der Waals surface area contributed by atoms with E-state index in [9.17, 15) is 0 Å². The van der Waals surface area contributed by atoms with E-state index in [1.165, 1.54) is 0 Å². The summed E-state index contributed by atoms with van der Waals surface area (Å²) in [4.78, 5) is 0. The fourth-order valence-corrected chi connectivity index (χ4v) is 1.60. The van der Waals surface area contributed by atoms with E-state index in [-0.39, 0.29) is 0 Å². The Kier molecular flexibility index (Phi) is 5.99. The van der Waals surface area contributed by atoms with E-state index in [0.717, 1.165) is 25.7 Å². The fraction of sp³-hybridized carbons (Fsp3) is 1.00. The average molecular weight is 204 g/mol. The highest BCUT2D eigenvalue weighted by Gasteiger charge is 2.21. The molecule has 0 rings (SSSR count). The minimum absolute atomic E-state index is 0.538. The first-order valence-electron chi connectivity index (χ1n) is 3.56. The molecule has 0 N–H and O–H groups in total. The molecule has 0 nitrogen and oxygen atoms in total. The van der Waals surface area contributed by atoms with Crippen molar-refractivity contribution in [3.8, 4) is 0 Å². The van der Waals surface area contributed by atoms with Gasteiger partial charge in [-0.05, 0) is 19.3 Å². The van der Waals surface area contributed by atoms with Gasteiger partial charge in [0, 0.05) is 5.88 Å². The predicted octanol–water partition coefficient (Wildman–Crippen LogP) is 3.98. The Morgan fingerprint density at radius 1 is 1.20 bits per heavy atom. The fourth-order valence-electron chi connectivity index (χ4n) is 0.816. The zero-order chi connectivity index (χ0) is 8.04. The van der Waals surface area contributed by atoms with Gasteiger partial charge in [-0.2, -0.15) is 0 Å². The van der Waals surface area contributed by atoms with Gasteiger partial charge < -0.3 is 0 Å². The van der Waals surface area contributed by atoms with Crippen LogP contribution in [-0.2, 0) is 0 Å². The molecule has 3 heteroatoms. The molecular weight excluding hydrogens is 190 g/mol. The van der Waals surface area contributed by atoms with Crippen molar-refractivity contribution < 1.29 is 0 Å². The maximum atomic E-state index is 5.92. The summed E-state index contributed by atoms with van der Waals surface area (Å²) >= 11 is 17.3. The highest BCUT2D eigenvalue weighted by Crippen LogP contribution is 2.31. The van der Waals surface area contributed by atoms with Gasteiger partial charge in [-0.3, -0.25) is 0 Å². The first-order chi connectivity index (χ1) is 4.62. The van der Waals surface area contributed by atoms with E-state index >= 15 is 0 Å². The third-order valence-corrected chi connectivity index (χ3v) is 2.32. The number of rotatable bonds is 5. The lowest BCUT2D eigenvalue weighted by molar-refractivity contribution is 0.617. The SMILES string of the molecule is CCCC(Cl)(Cl)CCCCl. The summed E-state index contributed by atoms with van der Waals surface area (Å²) in [6, 6.07) is 0. The second kappa shape index (κ2) is 5.51. The monoisotopic (exact) mass is 202 g/mol. The van der Waals surface area contributed by atoms with E-state index in [4.69, 9.17) is 34.8 Å². The zero-order valence-corrected chi connectivity index (χ0v) is 8.44. The van der Waals surface area contributed by atoms with E-state index in [1.807, 2.05) is 0 Å². The summed E-state index contributed by atoms with van der Waals surface area (Å²) in [5, 5.41) is 0. The summed E-state index contributed by atoms with van der Waals surface area (Å²) in [6.07, 6.45) is 3.57. The van der Waals surface area contributed by atoms with Gasteiger partial charge in [-0.25, -0.2) is 0 Å². The summed E-state index contributed by atoms with van der Waals surface area (Å²) in [6.45, 7) is 2.07. The molecule has 0 atom stereocenters. The number of halogens is 3. The van der Waals surface area contributed by atoms with Crippen molar-refractivity contribution in [2.75, 3.05) is 5.88 Å². The zero-order valence-electron chi connectivity index (χ0n) is 6.17. The van der Waals surface area contributed by atoms with Crippen molar-refractivity contribution >= 4 is 34.8 Å². The normalized spacial score (nSPS) is 12.0. The van der Waals surface area contributed by atoms with E-state index in [2.05, 4.69) is 6.92 Å². The van der Waals surface area contributed by atoms with E-state index in [0.29, 0.717) is 5.88 Å².